The van der Waals surface area contributed by atoms with Gasteiger partial charge in [0.15, 0.2) is 34.5 Å². The fraction of sp³-hybridized carbons (Fsp3) is 0.647. The molecule has 0 saturated carbocycles. The first kappa shape index (κ1) is 50.3. The van der Waals surface area contributed by atoms with Crippen LogP contribution in [0.4, 0.5) is 0 Å². The fourth-order valence-electron chi connectivity index (χ4n) is 7.67. The molecule has 10 heteroatoms. The second-order valence-electron chi connectivity index (χ2n) is 16.7. The van der Waals surface area contributed by atoms with Crippen LogP contribution < -0.4 is 28.4 Å². The van der Waals surface area contributed by atoms with E-state index in [0.717, 1.165) is 195 Å². The van der Waals surface area contributed by atoms with E-state index in [1.165, 1.54) is 0 Å². The Hall–Kier alpha value is -3.39. The van der Waals surface area contributed by atoms with Crippen LogP contribution in [0.5, 0.6) is 34.5 Å². The molecule has 4 aromatic rings. The molecule has 0 aliphatic carbocycles. The molecule has 0 atom stereocenters. The molecule has 0 aliphatic heterocycles. The zero-order valence-electron chi connectivity index (χ0n) is 38.5. The van der Waals surface area contributed by atoms with Gasteiger partial charge in [0.1, 0.15) is 0 Å². The first-order chi connectivity index (χ1) is 29.7. The molecule has 0 heterocycles. The minimum Gasteiger partial charge on any atom is -0.490 e. The standard InChI is InChI=1S/C51H79O9P/c1-6-11-20-27-55-46-34-40-41-35-47(56-28-21-12-7-2)49(58-30-23-14-9-4)37-43(41)45-39-51(60-32-25-18-16-17-19-26-33-61(52,53)54)50(59-31-24-15-10-5)38-44(45)42(40)36-48(46)57-29-22-13-8-3/h34-39H,6-33H2,1-5H3,(H2,52,53,54). The zero-order chi connectivity index (χ0) is 43.7. The summed E-state index contributed by atoms with van der Waals surface area (Å²) < 4.78 is 50.6. The Morgan fingerprint density at radius 2 is 0.525 bits per heavy atom. The Morgan fingerprint density at radius 3 is 0.738 bits per heavy atom. The number of benzene rings is 4. The van der Waals surface area contributed by atoms with Gasteiger partial charge in [-0.2, -0.15) is 0 Å². The zero-order valence-corrected chi connectivity index (χ0v) is 39.4. The van der Waals surface area contributed by atoms with E-state index in [1.54, 1.807) is 0 Å². The van der Waals surface area contributed by atoms with Gasteiger partial charge in [0.25, 0.3) is 0 Å². The largest absolute Gasteiger partial charge is 0.490 e. The lowest BCUT2D eigenvalue weighted by Gasteiger charge is -2.21. The molecule has 0 amide bonds. The SMILES string of the molecule is CCCCCOc1cc2c3cc(OCCCCC)c(OCCCCC)cc3c3cc(OCCCCCCCCP(=O)(O)O)c(OCCCCC)cc3c2cc1OCCCCC. The molecule has 9 nitrogen and oxygen atoms in total. The van der Waals surface area contributed by atoms with Crippen LogP contribution in [0.25, 0.3) is 32.3 Å². The second kappa shape index (κ2) is 28.3. The number of rotatable bonds is 35. The molecule has 0 saturated heterocycles. The lowest BCUT2D eigenvalue weighted by atomic mass is 9.93. The van der Waals surface area contributed by atoms with Crippen LogP contribution in [0.1, 0.15) is 169 Å². The molecular weight excluding hydrogens is 788 g/mol. The molecule has 342 valence electrons. The summed E-state index contributed by atoms with van der Waals surface area (Å²) in [5.74, 6) is 4.52. The number of hydrogen-bond acceptors (Lipinski definition) is 7. The van der Waals surface area contributed by atoms with E-state index in [1.807, 2.05) is 0 Å². The summed E-state index contributed by atoms with van der Waals surface area (Å²) in [5.41, 5.74) is 0. The van der Waals surface area contributed by atoms with Gasteiger partial charge >= 0.3 is 7.60 Å². The maximum Gasteiger partial charge on any atom is 0.325 e. The summed E-state index contributed by atoms with van der Waals surface area (Å²) >= 11 is 0. The van der Waals surface area contributed by atoms with Crippen LogP contribution in [-0.4, -0.2) is 55.6 Å². The third-order valence-corrected chi connectivity index (χ3v) is 12.1. The van der Waals surface area contributed by atoms with Gasteiger partial charge in [0.2, 0.25) is 0 Å². The van der Waals surface area contributed by atoms with Crippen molar-refractivity contribution in [3.8, 4) is 34.5 Å². The highest BCUT2D eigenvalue weighted by molar-refractivity contribution is 7.51. The molecular formula is C51H79O9P. The van der Waals surface area contributed by atoms with Crippen molar-refractivity contribution < 1.29 is 42.8 Å². The number of fused-ring (bicyclic) bond motifs is 6. The van der Waals surface area contributed by atoms with Gasteiger partial charge in [-0.15, -0.1) is 0 Å². The molecule has 4 aromatic carbocycles. The highest BCUT2D eigenvalue weighted by Crippen LogP contribution is 2.47. The topological polar surface area (TPSA) is 113 Å². The molecule has 0 fully saturated rings. The summed E-state index contributed by atoms with van der Waals surface area (Å²) in [5, 5.41) is 6.35. The monoisotopic (exact) mass is 867 g/mol. The van der Waals surface area contributed by atoms with Crippen molar-refractivity contribution in [2.75, 3.05) is 45.8 Å². The van der Waals surface area contributed by atoms with Crippen molar-refractivity contribution >= 4 is 39.9 Å². The normalized spacial score (nSPS) is 11.8. The van der Waals surface area contributed by atoms with Gasteiger partial charge in [0.05, 0.1) is 39.6 Å². The average Bonchev–Trinajstić information content (AvgIpc) is 3.25. The number of unbranched alkanes of at least 4 members (excludes halogenated alkanes) is 15. The van der Waals surface area contributed by atoms with Crippen molar-refractivity contribution in [3.63, 3.8) is 0 Å². The summed E-state index contributed by atoms with van der Waals surface area (Å²) in [6, 6.07) is 13.0. The molecule has 2 N–H and O–H groups in total. The van der Waals surface area contributed by atoms with Gasteiger partial charge in [-0.1, -0.05) is 125 Å². The van der Waals surface area contributed by atoms with Crippen molar-refractivity contribution in [1.29, 1.82) is 0 Å². The minimum absolute atomic E-state index is 0.0376. The first-order valence-corrected chi connectivity index (χ1v) is 25.9. The Balaban J connectivity index is 1.86. The Morgan fingerprint density at radius 1 is 0.328 bits per heavy atom. The van der Waals surface area contributed by atoms with Crippen LogP contribution in [0.3, 0.4) is 0 Å². The first-order valence-electron chi connectivity index (χ1n) is 24.1. The summed E-state index contributed by atoms with van der Waals surface area (Å²) in [6.45, 7) is 14.7. The van der Waals surface area contributed by atoms with Crippen LogP contribution >= 0.6 is 7.60 Å². The molecule has 0 bridgehead atoms. The average molecular weight is 867 g/mol. The predicted octanol–water partition coefficient (Wildman–Crippen LogP) is 14.9. The van der Waals surface area contributed by atoms with Crippen molar-refractivity contribution in [2.45, 2.75) is 169 Å². The third-order valence-electron chi connectivity index (χ3n) is 11.3. The maximum absolute atomic E-state index is 11.2. The molecule has 0 radical (unpaired) electrons. The molecule has 4 rings (SSSR count). The molecule has 0 spiro atoms. The van der Waals surface area contributed by atoms with Gasteiger partial charge in [-0.3, -0.25) is 4.57 Å². The molecule has 0 unspecified atom stereocenters. The fourth-order valence-corrected chi connectivity index (χ4v) is 8.31. The molecule has 61 heavy (non-hydrogen) atoms. The third kappa shape index (κ3) is 17.0. The highest BCUT2D eigenvalue weighted by Gasteiger charge is 2.21. The van der Waals surface area contributed by atoms with E-state index in [0.29, 0.717) is 46.1 Å². The van der Waals surface area contributed by atoms with Crippen LogP contribution in [0, 0.1) is 0 Å². The van der Waals surface area contributed by atoms with E-state index in [-0.39, 0.29) is 6.16 Å². The number of ether oxygens (including phenoxy) is 6. The van der Waals surface area contributed by atoms with E-state index in [4.69, 9.17) is 28.4 Å². The summed E-state index contributed by atoms with van der Waals surface area (Å²) in [6.07, 6.45) is 21.2. The smallest absolute Gasteiger partial charge is 0.325 e. The van der Waals surface area contributed by atoms with E-state index < -0.39 is 7.60 Å². The Bertz CT molecular complexity index is 1860. The van der Waals surface area contributed by atoms with Crippen LogP contribution in [-0.2, 0) is 4.57 Å². The van der Waals surface area contributed by atoms with Crippen LogP contribution in [0.15, 0.2) is 36.4 Å². The molecule has 0 aromatic heterocycles. The van der Waals surface area contributed by atoms with Gasteiger partial charge in [-0.25, -0.2) is 0 Å². The summed E-state index contributed by atoms with van der Waals surface area (Å²) in [7, 11) is -3.93. The van der Waals surface area contributed by atoms with E-state index in [2.05, 4.69) is 71.0 Å². The van der Waals surface area contributed by atoms with E-state index >= 15 is 0 Å². The quantitative estimate of drug-likeness (QED) is 0.0265. The predicted molar refractivity (Wildman–Crippen MR) is 254 cm³/mol. The molecule has 0 aliphatic rings. The Kier molecular flexibility index (Phi) is 23.3. The van der Waals surface area contributed by atoms with Crippen molar-refractivity contribution in [1.82, 2.24) is 0 Å². The summed E-state index contributed by atoms with van der Waals surface area (Å²) in [4.78, 5) is 18.4. The Labute approximate surface area is 367 Å². The maximum atomic E-state index is 11.2. The van der Waals surface area contributed by atoms with E-state index in [9.17, 15) is 14.4 Å². The second-order valence-corrected chi connectivity index (χ2v) is 18.4. The van der Waals surface area contributed by atoms with Gasteiger partial charge < -0.3 is 38.2 Å². The van der Waals surface area contributed by atoms with Crippen molar-refractivity contribution in [2.24, 2.45) is 0 Å². The van der Waals surface area contributed by atoms with Crippen LogP contribution in [0.2, 0.25) is 0 Å². The van der Waals surface area contributed by atoms with Gasteiger partial charge in [-0.05, 0) is 114 Å². The minimum atomic E-state index is -3.93. The van der Waals surface area contributed by atoms with Crippen molar-refractivity contribution in [3.05, 3.63) is 36.4 Å². The lowest BCUT2D eigenvalue weighted by Crippen LogP contribution is -2.05. The highest BCUT2D eigenvalue weighted by atomic mass is 31.2. The lowest BCUT2D eigenvalue weighted by molar-refractivity contribution is 0.259. The number of hydrogen-bond donors (Lipinski definition) is 2. The van der Waals surface area contributed by atoms with Gasteiger partial charge in [0, 0.05) is 6.16 Å².